The minimum atomic E-state index is -0.371. The molecule has 212 valence electrons. The number of para-hydroxylation sites is 1. The predicted octanol–water partition coefficient (Wildman–Crippen LogP) is 9.54. The summed E-state index contributed by atoms with van der Waals surface area (Å²) in [6.45, 7) is 5.31. The quantitative estimate of drug-likeness (QED) is 0.111. The van der Waals surface area contributed by atoms with Crippen molar-refractivity contribution >= 4 is 34.8 Å². The molecule has 0 unspecified atom stereocenters. The molecular weight excluding hydrogens is 523 g/mol. The van der Waals surface area contributed by atoms with Gasteiger partial charge in [0.25, 0.3) is 0 Å². The van der Waals surface area contributed by atoms with Crippen molar-refractivity contribution in [1.82, 2.24) is 0 Å². The molecular formula is C37H41O3P. The van der Waals surface area contributed by atoms with Crippen LogP contribution in [0.1, 0.15) is 50.7 Å². The van der Waals surface area contributed by atoms with Crippen molar-refractivity contribution in [2.75, 3.05) is 18.9 Å². The summed E-state index contributed by atoms with van der Waals surface area (Å²) in [7, 11) is -0.371. The highest BCUT2D eigenvalue weighted by atomic mass is 31.1. The van der Waals surface area contributed by atoms with E-state index >= 15 is 0 Å². The lowest BCUT2D eigenvalue weighted by atomic mass is 9.91. The first-order valence-corrected chi connectivity index (χ1v) is 16.7. The maximum Gasteiger partial charge on any atom is 0.129 e. The number of phenols is 2. The molecule has 4 heteroatoms. The fraction of sp³-hybridized carbons (Fsp3) is 0.297. The summed E-state index contributed by atoms with van der Waals surface area (Å²) in [5, 5.41) is 28.1. The van der Waals surface area contributed by atoms with E-state index in [1.807, 2.05) is 18.2 Å². The first-order chi connectivity index (χ1) is 20.1. The molecule has 41 heavy (non-hydrogen) atoms. The Balaban J connectivity index is 1.61. The molecule has 0 aromatic heterocycles. The zero-order valence-electron chi connectivity index (χ0n) is 24.3. The van der Waals surface area contributed by atoms with Gasteiger partial charge in [0.05, 0.1) is 13.2 Å². The van der Waals surface area contributed by atoms with E-state index in [2.05, 4.69) is 80.6 Å². The van der Waals surface area contributed by atoms with E-state index in [0.717, 1.165) is 27.5 Å². The molecule has 0 amide bonds. The second-order valence-corrected chi connectivity index (χ2v) is 13.2. The molecule has 0 heterocycles. The van der Waals surface area contributed by atoms with Crippen LogP contribution in [-0.4, -0.2) is 29.1 Å². The third-order valence-electron chi connectivity index (χ3n) is 7.93. The Bertz CT molecular complexity index is 1600. The second kappa shape index (κ2) is 14.0. The number of fused-ring (bicyclic) bond motifs is 2. The molecule has 3 nitrogen and oxygen atoms in total. The van der Waals surface area contributed by atoms with Crippen LogP contribution in [0.3, 0.4) is 0 Å². The maximum atomic E-state index is 12.0. The number of ether oxygens (including phenoxy) is 1. The third kappa shape index (κ3) is 6.58. The summed E-state index contributed by atoms with van der Waals surface area (Å²) in [6, 6.07) is 31.0. The lowest BCUT2D eigenvalue weighted by Crippen LogP contribution is -2.11. The number of rotatable bonds is 13. The number of benzene rings is 5. The minimum absolute atomic E-state index is 0.290. The molecule has 2 N–H and O–H groups in total. The smallest absolute Gasteiger partial charge is 0.129 e. The second-order valence-electron chi connectivity index (χ2n) is 10.8. The van der Waals surface area contributed by atoms with Gasteiger partial charge in [-0.3, -0.25) is 0 Å². The van der Waals surface area contributed by atoms with Crippen molar-refractivity contribution in [3.63, 3.8) is 0 Å². The molecule has 0 saturated heterocycles. The summed E-state index contributed by atoms with van der Waals surface area (Å²) in [5.41, 5.74) is 3.77. The Hall–Kier alpha value is -3.39. The standard InChI is InChI=1S/C37H41O3P/c1-3-5-23-41(24-6-4-2)34-20-19-27-13-7-10-16-31(27)35(34)36-32-17-11-8-15-29(32)25-30(37(36)39)26-40-22-21-28-14-9-12-18-33(28)38/h7-20,25,38-39H,3-6,21-24,26H2,1-2H3. The van der Waals surface area contributed by atoms with Gasteiger partial charge in [-0.15, -0.1) is 0 Å². The van der Waals surface area contributed by atoms with Crippen molar-refractivity contribution in [2.45, 2.75) is 52.6 Å². The van der Waals surface area contributed by atoms with Crippen LogP contribution >= 0.6 is 7.92 Å². The Morgan fingerprint density at radius 2 is 1.29 bits per heavy atom. The first kappa shape index (κ1) is 29.1. The largest absolute Gasteiger partial charge is 0.508 e. The number of unbranched alkanes of at least 4 members (excludes halogenated alkanes) is 2. The highest BCUT2D eigenvalue weighted by Gasteiger charge is 2.23. The molecule has 0 fully saturated rings. The molecule has 0 spiro atoms. The zero-order valence-corrected chi connectivity index (χ0v) is 25.2. The van der Waals surface area contributed by atoms with Crippen molar-refractivity contribution in [1.29, 1.82) is 0 Å². The summed E-state index contributed by atoms with van der Waals surface area (Å²) >= 11 is 0. The first-order valence-electron chi connectivity index (χ1n) is 15.0. The van der Waals surface area contributed by atoms with Crippen molar-refractivity contribution in [3.8, 4) is 22.6 Å². The highest BCUT2D eigenvalue weighted by molar-refractivity contribution is 7.66. The van der Waals surface area contributed by atoms with Crippen molar-refractivity contribution < 1.29 is 14.9 Å². The van der Waals surface area contributed by atoms with E-state index in [4.69, 9.17) is 4.74 Å². The minimum Gasteiger partial charge on any atom is -0.508 e. The van der Waals surface area contributed by atoms with Gasteiger partial charge in [0.15, 0.2) is 0 Å². The molecule has 0 radical (unpaired) electrons. The van der Waals surface area contributed by atoms with Crippen LogP contribution in [0.25, 0.3) is 32.7 Å². The molecule has 0 aliphatic heterocycles. The Kier molecular flexibility index (Phi) is 9.93. The van der Waals surface area contributed by atoms with Gasteiger partial charge >= 0.3 is 0 Å². The molecule has 0 saturated carbocycles. The maximum absolute atomic E-state index is 12.0. The van der Waals surface area contributed by atoms with Gasteiger partial charge in [-0.2, -0.15) is 0 Å². The predicted molar refractivity (Wildman–Crippen MR) is 176 cm³/mol. The number of hydrogen-bond donors (Lipinski definition) is 2. The van der Waals surface area contributed by atoms with E-state index in [1.165, 1.54) is 59.6 Å². The molecule has 0 bridgehead atoms. The monoisotopic (exact) mass is 564 g/mol. The lowest BCUT2D eigenvalue weighted by molar-refractivity contribution is 0.122. The zero-order chi connectivity index (χ0) is 28.6. The van der Waals surface area contributed by atoms with Crippen LogP contribution in [0.5, 0.6) is 11.5 Å². The van der Waals surface area contributed by atoms with E-state index in [-0.39, 0.29) is 13.7 Å². The van der Waals surface area contributed by atoms with Crippen LogP contribution in [0, 0.1) is 0 Å². The van der Waals surface area contributed by atoms with E-state index in [9.17, 15) is 10.2 Å². The molecule has 0 aliphatic carbocycles. The van der Waals surface area contributed by atoms with Crippen molar-refractivity contribution in [2.24, 2.45) is 0 Å². The van der Waals surface area contributed by atoms with Gasteiger partial charge in [-0.05, 0) is 76.1 Å². The average molecular weight is 565 g/mol. The SMILES string of the molecule is CCCCP(CCCC)c1ccc2ccccc2c1-c1c(O)c(COCCc2ccccc2O)cc2ccccc12. The normalized spacial score (nSPS) is 11.6. The molecule has 5 aromatic rings. The van der Waals surface area contributed by atoms with E-state index in [1.54, 1.807) is 6.07 Å². The van der Waals surface area contributed by atoms with Gasteiger partial charge in [-0.25, -0.2) is 0 Å². The van der Waals surface area contributed by atoms with Gasteiger partial charge in [0, 0.05) is 16.7 Å². The average Bonchev–Trinajstić information content (AvgIpc) is 3.00. The van der Waals surface area contributed by atoms with Crippen LogP contribution in [-0.2, 0) is 17.8 Å². The topological polar surface area (TPSA) is 49.7 Å². The number of phenolic OH excluding ortho intramolecular Hbond substituents is 2. The summed E-state index contributed by atoms with van der Waals surface area (Å²) in [5.74, 6) is 0.600. The van der Waals surface area contributed by atoms with Crippen LogP contribution < -0.4 is 5.30 Å². The number of aromatic hydroxyl groups is 2. The lowest BCUT2D eigenvalue weighted by Gasteiger charge is -2.25. The van der Waals surface area contributed by atoms with Gasteiger partial charge in [0.1, 0.15) is 11.5 Å². The summed E-state index contributed by atoms with van der Waals surface area (Å²) in [4.78, 5) is 0. The Morgan fingerprint density at radius 3 is 2.00 bits per heavy atom. The Morgan fingerprint density at radius 1 is 0.659 bits per heavy atom. The summed E-state index contributed by atoms with van der Waals surface area (Å²) in [6.07, 6.45) is 7.86. The fourth-order valence-corrected chi connectivity index (χ4v) is 8.62. The van der Waals surface area contributed by atoms with Gasteiger partial charge in [0.2, 0.25) is 0 Å². The molecule has 5 aromatic carbocycles. The highest BCUT2D eigenvalue weighted by Crippen LogP contribution is 2.47. The molecule has 0 atom stereocenters. The van der Waals surface area contributed by atoms with E-state index < -0.39 is 0 Å². The van der Waals surface area contributed by atoms with E-state index in [0.29, 0.717) is 25.4 Å². The fourth-order valence-electron chi connectivity index (χ4n) is 5.68. The number of hydrogen-bond acceptors (Lipinski definition) is 3. The van der Waals surface area contributed by atoms with Crippen LogP contribution in [0.4, 0.5) is 0 Å². The van der Waals surface area contributed by atoms with Crippen LogP contribution in [0.15, 0.2) is 91.0 Å². The van der Waals surface area contributed by atoms with Crippen molar-refractivity contribution in [3.05, 3.63) is 102 Å². The van der Waals surface area contributed by atoms with Gasteiger partial charge < -0.3 is 14.9 Å². The Labute approximate surface area is 245 Å². The van der Waals surface area contributed by atoms with Gasteiger partial charge in [-0.1, -0.05) is 113 Å². The van der Waals surface area contributed by atoms with Crippen LogP contribution in [0.2, 0.25) is 0 Å². The summed E-state index contributed by atoms with van der Waals surface area (Å²) < 4.78 is 6.10. The third-order valence-corrected chi connectivity index (χ3v) is 10.7. The molecule has 5 rings (SSSR count). The molecule has 0 aliphatic rings.